The monoisotopic (exact) mass is 242 g/mol. The molecule has 0 saturated heterocycles. The first kappa shape index (κ1) is 12.8. The van der Waals surface area contributed by atoms with E-state index >= 15 is 0 Å². The molecule has 0 spiro atoms. The van der Waals surface area contributed by atoms with E-state index in [1.165, 1.54) is 0 Å². The second-order valence-electron chi connectivity index (χ2n) is 4.37. The molecule has 0 saturated carbocycles. The second-order valence-corrected chi connectivity index (χ2v) is 4.64. The largest absolute Gasteiger partial charge is 0.456 e. The lowest BCUT2D eigenvalue weighted by molar-refractivity contribution is 0.00705. The third-order valence-electron chi connectivity index (χ3n) is 1.74. The summed E-state index contributed by atoms with van der Waals surface area (Å²) >= 11 is 5.60. The van der Waals surface area contributed by atoms with Gasteiger partial charge in [-0.05, 0) is 32.9 Å². The van der Waals surface area contributed by atoms with Crippen LogP contribution in [-0.4, -0.2) is 16.6 Å². The van der Waals surface area contributed by atoms with Crippen molar-refractivity contribution in [3.63, 3.8) is 0 Å². The molecule has 16 heavy (non-hydrogen) atoms. The Labute approximate surface area is 99.8 Å². The fourth-order valence-corrected chi connectivity index (χ4v) is 1.25. The minimum Gasteiger partial charge on any atom is -0.456 e. The summed E-state index contributed by atoms with van der Waals surface area (Å²) in [7, 11) is 0. The number of carbonyl (C=O) groups is 1. The highest BCUT2D eigenvalue weighted by Gasteiger charge is 2.20. The van der Waals surface area contributed by atoms with Gasteiger partial charge in [-0.1, -0.05) is 0 Å². The number of halogens is 1. The highest BCUT2D eigenvalue weighted by molar-refractivity contribution is 6.16. The molecule has 0 amide bonds. The van der Waals surface area contributed by atoms with Crippen LogP contribution in [0.4, 0.5) is 5.82 Å². The van der Waals surface area contributed by atoms with Crippen molar-refractivity contribution in [3.05, 3.63) is 23.4 Å². The van der Waals surface area contributed by atoms with Gasteiger partial charge in [0.1, 0.15) is 17.0 Å². The average molecular weight is 243 g/mol. The van der Waals surface area contributed by atoms with Gasteiger partial charge >= 0.3 is 5.97 Å². The van der Waals surface area contributed by atoms with Crippen LogP contribution in [0, 0.1) is 0 Å². The van der Waals surface area contributed by atoms with Crippen LogP contribution >= 0.6 is 11.6 Å². The molecule has 0 bridgehead atoms. The van der Waals surface area contributed by atoms with Crippen LogP contribution in [0.1, 0.15) is 36.8 Å². The SMILES string of the molecule is CC(C)(C)OC(=O)c1ccc(CCl)nc1N. The van der Waals surface area contributed by atoms with Crippen molar-refractivity contribution in [2.24, 2.45) is 0 Å². The van der Waals surface area contributed by atoms with Gasteiger partial charge in [-0.2, -0.15) is 0 Å². The van der Waals surface area contributed by atoms with Crippen molar-refractivity contribution in [1.29, 1.82) is 0 Å². The Bertz CT molecular complexity index is 399. The summed E-state index contributed by atoms with van der Waals surface area (Å²) in [6, 6.07) is 3.23. The van der Waals surface area contributed by atoms with Gasteiger partial charge in [0.05, 0.1) is 11.6 Å². The van der Waals surface area contributed by atoms with Crippen LogP contribution in [0.25, 0.3) is 0 Å². The molecule has 88 valence electrons. The molecule has 0 aliphatic carbocycles. The summed E-state index contributed by atoms with van der Waals surface area (Å²) in [6.45, 7) is 5.38. The first-order chi connectivity index (χ1) is 7.33. The van der Waals surface area contributed by atoms with Gasteiger partial charge in [0.2, 0.25) is 0 Å². The molecule has 5 heteroatoms. The summed E-state index contributed by atoms with van der Waals surface area (Å²) in [6.07, 6.45) is 0. The number of rotatable bonds is 2. The Morgan fingerprint density at radius 2 is 2.12 bits per heavy atom. The molecule has 1 rings (SSSR count). The molecule has 0 unspecified atom stereocenters. The third-order valence-corrected chi connectivity index (χ3v) is 2.01. The summed E-state index contributed by atoms with van der Waals surface area (Å²) in [4.78, 5) is 15.7. The number of ether oxygens (including phenoxy) is 1. The number of anilines is 1. The zero-order valence-electron chi connectivity index (χ0n) is 9.58. The molecule has 0 atom stereocenters. The maximum atomic E-state index is 11.7. The maximum absolute atomic E-state index is 11.7. The van der Waals surface area contributed by atoms with E-state index in [9.17, 15) is 4.79 Å². The van der Waals surface area contributed by atoms with Crippen molar-refractivity contribution in [1.82, 2.24) is 4.98 Å². The second kappa shape index (κ2) is 4.70. The zero-order chi connectivity index (χ0) is 12.3. The standard InChI is InChI=1S/C11H15ClN2O2/c1-11(2,3)16-10(15)8-5-4-7(6-12)14-9(8)13/h4-5H,6H2,1-3H3,(H2,13,14). The number of esters is 1. The lowest BCUT2D eigenvalue weighted by Crippen LogP contribution is -2.24. The molecule has 0 aliphatic rings. The van der Waals surface area contributed by atoms with Crippen LogP contribution in [-0.2, 0) is 10.6 Å². The van der Waals surface area contributed by atoms with E-state index in [0.717, 1.165) is 0 Å². The Morgan fingerprint density at radius 3 is 2.56 bits per heavy atom. The van der Waals surface area contributed by atoms with E-state index in [-0.39, 0.29) is 17.3 Å². The molecule has 4 nitrogen and oxygen atoms in total. The molecule has 0 fully saturated rings. The predicted octanol–water partition coefficient (Wildman–Crippen LogP) is 2.36. The third kappa shape index (κ3) is 3.38. The topological polar surface area (TPSA) is 65.2 Å². The summed E-state index contributed by atoms with van der Waals surface area (Å²) in [5, 5.41) is 0. The number of aromatic nitrogens is 1. The van der Waals surface area contributed by atoms with Crippen molar-refractivity contribution in [2.75, 3.05) is 5.73 Å². The first-order valence-electron chi connectivity index (χ1n) is 4.88. The number of hydrogen-bond donors (Lipinski definition) is 1. The van der Waals surface area contributed by atoms with Gasteiger partial charge in [0.25, 0.3) is 0 Å². The predicted molar refractivity (Wildman–Crippen MR) is 63.4 cm³/mol. The lowest BCUT2D eigenvalue weighted by Gasteiger charge is -2.19. The van der Waals surface area contributed by atoms with Crippen molar-refractivity contribution in [3.8, 4) is 0 Å². The number of hydrogen-bond acceptors (Lipinski definition) is 4. The Hall–Kier alpha value is -1.29. The summed E-state index contributed by atoms with van der Waals surface area (Å²) < 4.78 is 5.19. The molecular formula is C11H15ClN2O2. The van der Waals surface area contributed by atoms with Crippen LogP contribution in [0.5, 0.6) is 0 Å². The maximum Gasteiger partial charge on any atom is 0.342 e. The Morgan fingerprint density at radius 1 is 1.50 bits per heavy atom. The normalized spacial score (nSPS) is 11.2. The van der Waals surface area contributed by atoms with Crippen LogP contribution in [0.2, 0.25) is 0 Å². The number of carbonyl (C=O) groups excluding carboxylic acids is 1. The number of nitrogen functional groups attached to an aromatic ring is 1. The van der Waals surface area contributed by atoms with Gasteiger partial charge in [-0.3, -0.25) is 0 Å². The smallest absolute Gasteiger partial charge is 0.342 e. The van der Waals surface area contributed by atoms with Crippen LogP contribution in [0.3, 0.4) is 0 Å². The van der Waals surface area contributed by atoms with Crippen LogP contribution in [0.15, 0.2) is 12.1 Å². The van der Waals surface area contributed by atoms with E-state index in [2.05, 4.69) is 4.98 Å². The van der Waals surface area contributed by atoms with Crippen LogP contribution < -0.4 is 5.73 Å². The minimum absolute atomic E-state index is 0.146. The number of alkyl halides is 1. The average Bonchev–Trinajstić information content (AvgIpc) is 2.14. The molecule has 1 aromatic rings. The quantitative estimate of drug-likeness (QED) is 0.639. The Balaban J connectivity index is 2.93. The molecule has 0 aromatic carbocycles. The number of pyridine rings is 1. The molecule has 1 heterocycles. The highest BCUT2D eigenvalue weighted by atomic mass is 35.5. The summed E-state index contributed by atoms with van der Waals surface area (Å²) in [5.74, 6) is -0.0651. The minimum atomic E-state index is -0.547. The van der Waals surface area contributed by atoms with Gasteiger partial charge in [-0.25, -0.2) is 9.78 Å². The first-order valence-corrected chi connectivity index (χ1v) is 5.41. The van der Waals surface area contributed by atoms with E-state index in [1.54, 1.807) is 32.9 Å². The van der Waals surface area contributed by atoms with Gasteiger partial charge in [0, 0.05) is 0 Å². The molecule has 1 aromatic heterocycles. The van der Waals surface area contributed by atoms with E-state index in [0.29, 0.717) is 5.69 Å². The fraction of sp³-hybridized carbons (Fsp3) is 0.455. The van der Waals surface area contributed by atoms with E-state index in [4.69, 9.17) is 22.1 Å². The van der Waals surface area contributed by atoms with Gasteiger partial charge in [-0.15, -0.1) is 11.6 Å². The van der Waals surface area contributed by atoms with Crippen molar-refractivity contribution >= 4 is 23.4 Å². The van der Waals surface area contributed by atoms with Crippen molar-refractivity contribution < 1.29 is 9.53 Å². The van der Waals surface area contributed by atoms with Gasteiger partial charge in [0.15, 0.2) is 0 Å². The molecule has 0 radical (unpaired) electrons. The number of nitrogens with zero attached hydrogens (tertiary/aromatic N) is 1. The van der Waals surface area contributed by atoms with E-state index < -0.39 is 11.6 Å². The number of nitrogens with two attached hydrogens (primary N) is 1. The zero-order valence-corrected chi connectivity index (χ0v) is 10.3. The Kier molecular flexibility index (Phi) is 3.75. The van der Waals surface area contributed by atoms with Gasteiger partial charge < -0.3 is 10.5 Å². The van der Waals surface area contributed by atoms with E-state index in [1.807, 2.05) is 0 Å². The fourth-order valence-electron chi connectivity index (χ4n) is 1.10. The summed E-state index contributed by atoms with van der Waals surface area (Å²) in [5.41, 5.74) is 6.00. The lowest BCUT2D eigenvalue weighted by atomic mass is 10.2. The van der Waals surface area contributed by atoms with Crippen molar-refractivity contribution in [2.45, 2.75) is 32.3 Å². The highest BCUT2D eigenvalue weighted by Crippen LogP contribution is 2.16. The molecule has 0 aliphatic heterocycles. The molecular weight excluding hydrogens is 228 g/mol. The molecule has 2 N–H and O–H groups in total.